The number of unbranched alkanes of at least 4 members (excludes halogenated alkanes) is 1. The van der Waals surface area contributed by atoms with E-state index in [0.29, 0.717) is 18.2 Å². The minimum Gasteiger partial charge on any atom is -0.493 e. The quantitative estimate of drug-likeness (QED) is 0.710. The molecule has 5 nitrogen and oxygen atoms in total. The molecule has 5 heteroatoms. The van der Waals surface area contributed by atoms with Gasteiger partial charge in [-0.15, -0.1) is 0 Å². The Labute approximate surface area is 161 Å². The summed E-state index contributed by atoms with van der Waals surface area (Å²) < 4.78 is 5.89. The molecule has 0 bridgehead atoms. The molecule has 1 fully saturated rings. The van der Waals surface area contributed by atoms with E-state index < -0.39 is 5.60 Å². The lowest BCUT2D eigenvalue weighted by Gasteiger charge is -2.34. The van der Waals surface area contributed by atoms with Gasteiger partial charge < -0.3 is 19.7 Å². The number of fused-ring (bicyclic) bond motifs is 1. The molecular formula is C22H32N2O3. The van der Waals surface area contributed by atoms with E-state index in [1.165, 1.54) is 0 Å². The zero-order valence-electron chi connectivity index (χ0n) is 16.8. The Morgan fingerprint density at radius 1 is 1.33 bits per heavy atom. The number of nitrogens with zero attached hydrogens (tertiary/aromatic N) is 1. The number of aromatic nitrogens is 1. The molecule has 2 aromatic rings. The number of ether oxygens (including phenoxy) is 1. The number of hydrogen-bond acceptors (Lipinski definition) is 3. The van der Waals surface area contributed by atoms with Gasteiger partial charge in [0.2, 0.25) is 0 Å². The van der Waals surface area contributed by atoms with E-state index in [-0.39, 0.29) is 5.91 Å². The summed E-state index contributed by atoms with van der Waals surface area (Å²) in [5, 5.41) is 11.0. The van der Waals surface area contributed by atoms with Crippen molar-refractivity contribution < 1.29 is 14.6 Å². The third-order valence-corrected chi connectivity index (χ3v) is 5.30. The first kappa shape index (κ1) is 19.7. The van der Waals surface area contributed by atoms with Gasteiger partial charge >= 0.3 is 0 Å². The zero-order valence-corrected chi connectivity index (χ0v) is 16.8. The number of benzene rings is 1. The second kappa shape index (κ2) is 8.34. The molecule has 1 aromatic heterocycles. The lowest BCUT2D eigenvalue weighted by Crippen LogP contribution is -2.40. The second-order valence-corrected chi connectivity index (χ2v) is 8.35. The van der Waals surface area contributed by atoms with Crippen LogP contribution in [0, 0.1) is 5.92 Å². The minimum atomic E-state index is -0.637. The van der Waals surface area contributed by atoms with Crippen molar-refractivity contribution in [1.29, 1.82) is 0 Å². The number of carbonyl (C=O) groups excluding carboxylic acids is 1. The Kier molecular flexibility index (Phi) is 6.10. The third-order valence-electron chi connectivity index (χ3n) is 5.30. The molecule has 0 unspecified atom stereocenters. The number of piperidine rings is 1. The van der Waals surface area contributed by atoms with E-state index in [4.69, 9.17) is 4.74 Å². The lowest BCUT2D eigenvalue weighted by molar-refractivity contribution is 0.0357. The van der Waals surface area contributed by atoms with Crippen LogP contribution in [0.5, 0.6) is 5.75 Å². The van der Waals surface area contributed by atoms with Crippen LogP contribution in [0.1, 0.15) is 63.4 Å². The standard InChI is InChI=1S/C22H32N2O3/c1-4-5-13-27-20-8-6-7-18-17(20)14-19(23-18)21(25)24-11-9-16(10-12-24)15-22(2,3)26/h6-8,14,16,23,26H,4-5,9-13,15H2,1-3H3. The Bertz CT molecular complexity index is 767. The first-order valence-electron chi connectivity index (χ1n) is 10.1. The molecule has 2 N–H and O–H groups in total. The van der Waals surface area contributed by atoms with E-state index in [1.807, 2.05) is 43.0 Å². The number of nitrogens with one attached hydrogen (secondary N) is 1. The van der Waals surface area contributed by atoms with Crippen LogP contribution in [0.4, 0.5) is 0 Å². The van der Waals surface area contributed by atoms with E-state index in [9.17, 15) is 9.90 Å². The molecule has 0 saturated carbocycles. The molecule has 1 amide bonds. The molecule has 1 aliphatic rings. The number of aromatic amines is 1. The van der Waals surface area contributed by atoms with Crippen molar-refractivity contribution in [3.05, 3.63) is 30.0 Å². The van der Waals surface area contributed by atoms with Gasteiger partial charge in [0.15, 0.2) is 0 Å². The van der Waals surface area contributed by atoms with Gasteiger partial charge in [0.1, 0.15) is 11.4 Å². The van der Waals surface area contributed by atoms with Gasteiger partial charge in [-0.05, 0) is 63.6 Å². The van der Waals surface area contributed by atoms with Gasteiger partial charge in [-0.3, -0.25) is 4.79 Å². The summed E-state index contributed by atoms with van der Waals surface area (Å²) in [6, 6.07) is 7.81. The van der Waals surface area contributed by atoms with E-state index in [1.54, 1.807) is 0 Å². The lowest BCUT2D eigenvalue weighted by atomic mass is 9.86. The van der Waals surface area contributed by atoms with Gasteiger partial charge in [-0.2, -0.15) is 0 Å². The van der Waals surface area contributed by atoms with Gasteiger partial charge in [-0.25, -0.2) is 0 Å². The average molecular weight is 373 g/mol. The van der Waals surface area contributed by atoms with Gasteiger partial charge in [0.25, 0.3) is 5.91 Å². The molecular weight excluding hydrogens is 340 g/mol. The molecule has 1 aliphatic heterocycles. The van der Waals surface area contributed by atoms with Crippen LogP contribution in [0.2, 0.25) is 0 Å². The highest BCUT2D eigenvalue weighted by atomic mass is 16.5. The van der Waals surface area contributed by atoms with Crippen LogP contribution in [-0.2, 0) is 0 Å². The Morgan fingerprint density at radius 2 is 2.07 bits per heavy atom. The monoisotopic (exact) mass is 372 g/mol. The highest BCUT2D eigenvalue weighted by Crippen LogP contribution is 2.29. The van der Waals surface area contributed by atoms with Crippen LogP contribution in [-0.4, -0.2) is 46.2 Å². The Balaban J connectivity index is 1.67. The predicted molar refractivity (Wildman–Crippen MR) is 108 cm³/mol. The van der Waals surface area contributed by atoms with Crippen LogP contribution in [0.3, 0.4) is 0 Å². The summed E-state index contributed by atoms with van der Waals surface area (Å²) in [7, 11) is 0. The largest absolute Gasteiger partial charge is 0.493 e. The highest BCUT2D eigenvalue weighted by molar-refractivity contribution is 5.99. The van der Waals surface area contributed by atoms with Gasteiger partial charge in [-0.1, -0.05) is 19.4 Å². The van der Waals surface area contributed by atoms with Crippen molar-refractivity contribution >= 4 is 16.8 Å². The van der Waals surface area contributed by atoms with Crippen molar-refractivity contribution in [2.45, 2.75) is 58.5 Å². The van der Waals surface area contributed by atoms with Crippen LogP contribution in [0.25, 0.3) is 10.9 Å². The number of H-pyrrole nitrogens is 1. The number of aliphatic hydroxyl groups is 1. The SMILES string of the molecule is CCCCOc1cccc2[nH]c(C(=O)N3CCC(CC(C)(C)O)CC3)cc12. The maximum atomic E-state index is 12.9. The summed E-state index contributed by atoms with van der Waals surface area (Å²) in [5.41, 5.74) is 0.920. The van der Waals surface area contributed by atoms with E-state index >= 15 is 0 Å². The molecule has 0 aliphatic carbocycles. The molecule has 2 heterocycles. The zero-order chi connectivity index (χ0) is 19.4. The van der Waals surface area contributed by atoms with Crippen LogP contribution in [0.15, 0.2) is 24.3 Å². The van der Waals surface area contributed by atoms with Crippen molar-refractivity contribution in [2.75, 3.05) is 19.7 Å². The van der Waals surface area contributed by atoms with Crippen molar-refractivity contribution in [3.63, 3.8) is 0 Å². The average Bonchev–Trinajstić information content (AvgIpc) is 3.06. The number of amides is 1. The third kappa shape index (κ3) is 5.04. The molecule has 148 valence electrons. The van der Waals surface area contributed by atoms with Gasteiger partial charge in [0, 0.05) is 24.0 Å². The van der Waals surface area contributed by atoms with E-state index in [2.05, 4.69) is 11.9 Å². The predicted octanol–water partition coefficient (Wildman–Crippen LogP) is 4.36. The highest BCUT2D eigenvalue weighted by Gasteiger charge is 2.28. The molecule has 1 aromatic carbocycles. The fourth-order valence-electron chi connectivity index (χ4n) is 3.91. The second-order valence-electron chi connectivity index (χ2n) is 8.35. The molecule has 0 spiro atoms. The topological polar surface area (TPSA) is 65.6 Å². The smallest absolute Gasteiger partial charge is 0.270 e. The van der Waals surface area contributed by atoms with Crippen LogP contribution < -0.4 is 4.74 Å². The Morgan fingerprint density at radius 3 is 2.74 bits per heavy atom. The first-order chi connectivity index (χ1) is 12.9. The van der Waals surface area contributed by atoms with Crippen LogP contribution >= 0.6 is 0 Å². The summed E-state index contributed by atoms with van der Waals surface area (Å²) in [4.78, 5) is 18.1. The molecule has 3 rings (SSSR count). The first-order valence-corrected chi connectivity index (χ1v) is 10.1. The number of hydrogen-bond donors (Lipinski definition) is 2. The fraction of sp³-hybridized carbons (Fsp3) is 0.591. The molecule has 0 radical (unpaired) electrons. The molecule has 0 atom stereocenters. The summed E-state index contributed by atoms with van der Waals surface area (Å²) in [5.74, 6) is 1.36. The maximum absolute atomic E-state index is 12.9. The summed E-state index contributed by atoms with van der Waals surface area (Å²) in [6.45, 7) is 8.04. The number of carbonyl (C=O) groups is 1. The molecule has 27 heavy (non-hydrogen) atoms. The summed E-state index contributed by atoms with van der Waals surface area (Å²) in [6.07, 6.45) is 4.80. The van der Waals surface area contributed by atoms with Crippen molar-refractivity contribution in [1.82, 2.24) is 9.88 Å². The minimum absolute atomic E-state index is 0.0485. The van der Waals surface area contributed by atoms with Crippen molar-refractivity contribution in [3.8, 4) is 5.75 Å². The maximum Gasteiger partial charge on any atom is 0.270 e. The fourth-order valence-corrected chi connectivity index (χ4v) is 3.91. The normalized spacial score (nSPS) is 16.1. The molecule has 1 saturated heterocycles. The van der Waals surface area contributed by atoms with Gasteiger partial charge in [0.05, 0.1) is 12.2 Å². The number of likely N-dealkylation sites (tertiary alicyclic amines) is 1. The summed E-state index contributed by atoms with van der Waals surface area (Å²) >= 11 is 0. The van der Waals surface area contributed by atoms with Crippen molar-refractivity contribution in [2.24, 2.45) is 5.92 Å². The van der Waals surface area contributed by atoms with E-state index in [0.717, 1.165) is 61.8 Å². The Hall–Kier alpha value is -2.01. The number of rotatable bonds is 7.